The normalized spacial score (nSPS) is 17.6. The van der Waals surface area contributed by atoms with Crippen molar-refractivity contribution >= 4 is 0 Å². The maximum Gasteiger partial charge on any atom is 0.387 e. The van der Waals surface area contributed by atoms with Gasteiger partial charge >= 0.3 is 6.61 Å². The minimum Gasteiger partial charge on any atom is -0.434 e. The van der Waals surface area contributed by atoms with Crippen LogP contribution in [0.3, 0.4) is 0 Å². The fourth-order valence-electron chi connectivity index (χ4n) is 3.06. The first-order chi connectivity index (χ1) is 9.72. The fourth-order valence-corrected chi connectivity index (χ4v) is 3.06. The van der Waals surface area contributed by atoms with Crippen LogP contribution in [-0.4, -0.2) is 13.2 Å². The second-order valence-electron chi connectivity index (χ2n) is 5.39. The lowest BCUT2D eigenvalue weighted by Crippen LogP contribution is -2.28. The zero-order valence-corrected chi connectivity index (χ0v) is 11.9. The average molecular weight is 283 g/mol. The lowest BCUT2D eigenvalue weighted by molar-refractivity contribution is -0.0508. The standard InChI is InChI=1S/C16H23F2NO/c1-2-11-19-15(12-7-3-4-8-12)13-9-5-6-10-14(13)20-16(17)18/h5-6,9-10,12,15-16,19H,2-4,7-8,11H2,1H3. The van der Waals surface area contributed by atoms with E-state index in [-0.39, 0.29) is 6.04 Å². The molecule has 1 fully saturated rings. The smallest absolute Gasteiger partial charge is 0.387 e. The molecule has 0 aliphatic heterocycles. The molecule has 0 bridgehead atoms. The highest BCUT2D eigenvalue weighted by atomic mass is 19.3. The summed E-state index contributed by atoms with van der Waals surface area (Å²) in [5, 5.41) is 3.52. The molecule has 1 aliphatic carbocycles. The van der Waals surface area contributed by atoms with E-state index in [2.05, 4.69) is 12.2 Å². The summed E-state index contributed by atoms with van der Waals surface area (Å²) in [5.74, 6) is 0.826. The Morgan fingerprint density at radius 1 is 1.25 bits per heavy atom. The topological polar surface area (TPSA) is 21.3 Å². The summed E-state index contributed by atoms with van der Waals surface area (Å²) in [5.41, 5.74) is 0.869. The van der Waals surface area contributed by atoms with Gasteiger partial charge in [0.2, 0.25) is 0 Å². The molecule has 1 saturated carbocycles. The first-order valence-electron chi connectivity index (χ1n) is 7.49. The summed E-state index contributed by atoms with van der Waals surface area (Å²) < 4.78 is 29.8. The Labute approximate surface area is 119 Å². The van der Waals surface area contributed by atoms with Gasteiger partial charge in [-0.15, -0.1) is 0 Å². The first-order valence-corrected chi connectivity index (χ1v) is 7.49. The first kappa shape index (κ1) is 15.2. The van der Waals surface area contributed by atoms with Gasteiger partial charge in [0.15, 0.2) is 0 Å². The maximum absolute atomic E-state index is 12.6. The summed E-state index contributed by atoms with van der Waals surface area (Å²) in [6, 6.07) is 7.29. The Balaban J connectivity index is 2.22. The van der Waals surface area contributed by atoms with E-state index in [0.717, 1.165) is 31.4 Å². The summed E-state index contributed by atoms with van der Waals surface area (Å²) >= 11 is 0. The van der Waals surface area contributed by atoms with Crippen LogP contribution >= 0.6 is 0 Å². The predicted molar refractivity (Wildman–Crippen MR) is 76.1 cm³/mol. The molecule has 112 valence electrons. The molecule has 1 unspecified atom stereocenters. The van der Waals surface area contributed by atoms with Crippen molar-refractivity contribution in [2.24, 2.45) is 5.92 Å². The van der Waals surface area contributed by atoms with Gasteiger partial charge in [-0.1, -0.05) is 38.0 Å². The molecular formula is C16H23F2NO. The van der Waals surface area contributed by atoms with Gasteiger partial charge in [0.1, 0.15) is 5.75 Å². The van der Waals surface area contributed by atoms with E-state index >= 15 is 0 Å². The highest BCUT2D eigenvalue weighted by Gasteiger charge is 2.28. The maximum atomic E-state index is 12.6. The second-order valence-corrected chi connectivity index (χ2v) is 5.39. The van der Waals surface area contributed by atoms with Crippen LogP contribution in [0.4, 0.5) is 8.78 Å². The predicted octanol–water partition coefficient (Wildman–Crippen LogP) is 4.52. The largest absolute Gasteiger partial charge is 0.434 e. The van der Waals surface area contributed by atoms with Gasteiger partial charge in [-0.05, 0) is 37.8 Å². The third-order valence-corrected chi connectivity index (χ3v) is 3.96. The number of hydrogen-bond acceptors (Lipinski definition) is 2. The Hall–Kier alpha value is -1.16. The van der Waals surface area contributed by atoms with E-state index in [1.165, 1.54) is 12.8 Å². The highest BCUT2D eigenvalue weighted by Crippen LogP contribution is 2.39. The third-order valence-electron chi connectivity index (χ3n) is 3.96. The number of alkyl halides is 2. The average Bonchev–Trinajstić information content (AvgIpc) is 2.94. The zero-order valence-electron chi connectivity index (χ0n) is 11.9. The Morgan fingerprint density at radius 3 is 2.60 bits per heavy atom. The van der Waals surface area contributed by atoms with Crippen LogP contribution in [0.1, 0.15) is 50.6 Å². The summed E-state index contributed by atoms with van der Waals surface area (Å²) in [6.45, 7) is 0.233. The van der Waals surface area contributed by atoms with Gasteiger partial charge in [-0.2, -0.15) is 8.78 Å². The Morgan fingerprint density at radius 2 is 1.95 bits per heavy atom. The summed E-state index contributed by atoms with van der Waals surface area (Å²) in [4.78, 5) is 0. The lowest BCUT2D eigenvalue weighted by atomic mass is 9.91. The van der Waals surface area contributed by atoms with E-state index in [1.54, 1.807) is 12.1 Å². The number of para-hydroxylation sites is 1. The molecule has 1 atom stereocenters. The van der Waals surface area contributed by atoms with E-state index in [4.69, 9.17) is 4.74 Å². The van der Waals surface area contributed by atoms with Crippen LogP contribution in [0.5, 0.6) is 5.75 Å². The van der Waals surface area contributed by atoms with E-state index < -0.39 is 6.61 Å². The molecule has 1 aromatic carbocycles. The number of ether oxygens (including phenoxy) is 1. The highest BCUT2D eigenvalue weighted by molar-refractivity contribution is 5.36. The zero-order chi connectivity index (χ0) is 14.4. The van der Waals surface area contributed by atoms with Crippen LogP contribution in [-0.2, 0) is 0 Å². The minimum atomic E-state index is -2.77. The van der Waals surface area contributed by atoms with Gasteiger partial charge in [-0.25, -0.2) is 0 Å². The molecule has 0 saturated heterocycles. The molecule has 2 nitrogen and oxygen atoms in total. The van der Waals surface area contributed by atoms with Crippen molar-refractivity contribution < 1.29 is 13.5 Å². The number of rotatable bonds is 7. The monoisotopic (exact) mass is 283 g/mol. The van der Waals surface area contributed by atoms with Crippen LogP contribution in [0, 0.1) is 5.92 Å². The third kappa shape index (κ3) is 3.92. The molecule has 1 N–H and O–H groups in total. The lowest BCUT2D eigenvalue weighted by Gasteiger charge is -2.27. The molecule has 4 heteroatoms. The van der Waals surface area contributed by atoms with Gasteiger partial charge in [-0.3, -0.25) is 0 Å². The van der Waals surface area contributed by atoms with Gasteiger partial charge < -0.3 is 10.1 Å². The summed E-state index contributed by atoms with van der Waals surface area (Å²) in [6.07, 6.45) is 5.80. The number of halogens is 2. The minimum absolute atomic E-state index is 0.118. The van der Waals surface area contributed by atoms with Crippen molar-refractivity contribution in [2.75, 3.05) is 6.54 Å². The number of nitrogens with one attached hydrogen (secondary N) is 1. The number of hydrogen-bond donors (Lipinski definition) is 1. The molecule has 0 heterocycles. The van der Waals surface area contributed by atoms with Crippen molar-refractivity contribution in [3.8, 4) is 5.75 Å². The van der Waals surface area contributed by atoms with Gasteiger partial charge in [0.25, 0.3) is 0 Å². The molecule has 0 aromatic heterocycles. The van der Waals surface area contributed by atoms with Gasteiger partial charge in [0, 0.05) is 11.6 Å². The van der Waals surface area contributed by atoms with E-state index in [1.807, 2.05) is 12.1 Å². The van der Waals surface area contributed by atoms with Crippen molar-refractivity contribution in [1.29, 1.82) is 0 Å². The Bertz CT molecular complexity index is 405. The number of benzene rings is 1. The van der Waals surface area contributed by atoms with Crippen molar-refractivity contribution in [3.05, 3.63) is 29.8 Å². The van der Waals surface area contributed by atoms with Gasteiger partial charge in [0.05, 0.1) is 0 Å². The van der Waals surface area contributed by atoms with Crippen molar-refractivity contribution in [1.82, 2.24) is 5.32 Å². The quantitative estimate of drug-likeness (QED) is 0.794. The van der Waals surface area contributed by atoms with Crippen molar-refractivity contribution in [3.63, 3.8) is 0 Å². The summed E-state index contributed by atoms with van der Waals surface area (Å²) in [7, 11) is 0. The molecule has 20 heavy (non-hydrogen) atoms. The van der Waals surface area contributed by atoms with Crippen LogP contribution in [0.15, 0.2) is 24.3 Å². The molecule has 2 rings (SSSR count). The van der Waals surface area contributed by atoms with E-state index in [0.29, 0.717) is 11.7 Å². The molecule has 1 aliphatic rings. The van der Waals surface area contributed by atoms with Crippen molar-refractivity contribution in [2.45, 2.75) is 51.7 Å². The van der Waals surface area contributed by atoms with E-state index in [9.17, 15) is 8.78 Å². The molecular weight excluding hydrogens is 260 g/mol. The second kappa shape index (κ2) is 7.58. The van der Waals surface area contributed by atoms with Crippen LogP contribution in [0.25, 0.3) is 0 Å². The molecule has 0 amide bonds. The molecule has 0 radical (unpaired) electrons. The fraction of sp³-hybridized carbons (Fsp3) is 0.625. The SMILES string of the molecule is CCCNC(c1ccccc1OC(F)F)C1CCCC1. The molecule has 1 aromatic rings. The molecule has 0 spiro atoms. The van der Waals surface area contributed by atoms with Crippen LogP contribution < -0.4 is 10.1 Å². The Kier molecular flexibility index (Phi) is 5.77. The van der Waals surface area contributed by atoms with Crippen LogP contribution in [0.2, 0.25) is 0 Å².